The van der Waals surface area contributed by atoms with E-state index in [-0.39, 0.29) is 0 Å². The van der Waals surface area contributed by atoms with Gasteiger partial charge in [0.15, 0.2) is 0 Å². The van der Waals surface area contributed by atoms with Crippen LogP contribution < -0.4 is 0 Å². The Morgan fingerprint density at radius 2 is 2.39 bits per heavy atom. The van der Waals surface area contributed by atoms with Crippen LogP contribution in [0.25, 0.3) is 0 Å². The molecule has 1 aromatic heterocycles. The minimum Gasteiger partial charge on any atom is -0.284 e. The van der Waals surface area contributed by atoms with Gasteiger partial charge in [0, 0.05) is 36.0 Å². The Bertz CT molecular complexity index is 461. The first kappa shape index (κ1) is 13.7. The zero-order valence-corrected chi connectivity index (χ0v) is 12.4. The molecule has 2 atom stereocenters. The van der Waals surface area contributed by atoms with Gasteiger partial charge in [-0.05, 0) is 30.7 Å². The van der Waals surface area contributed by atoms with E-state index in [0.29, 0.717) is 0 Å². The Morgan fingerprint density at radius 1 is 1.56 bits per heavy atom. The van der Waals surface area contributed by atoms with Crippen LogP contribution in [0.4, 0.5) is 0 Å². The summed E-state index contributed by atoms with van der Waals surface area (Å²) < 4.78 is 12.2. The Labute approximate surface area is 115 Å². The summed E-state index contributed by atoms with van der Waals surface area (Å²) in [7, 11) is 0.878. The normalized spacial score (nSPS) is 29.2. The first-order valence-electron chi connectivity index (χ1n) is 6.06. The lowest BCUT2D eigenvalue weighted by atomic mass is 9.94. The summed E-state index contributed by atoms with van der Waals surface area (Å²) in [6.07, 6.45) is 8.64. The monoisotopic (exact) mass is 282 g/mol. The molecule has 0 N–H and O–H groups in total. The second kappa shape index (κ2) is 5.97. The van der Waals surface area contributed by atoms with Gasteiger partial charge in [0.2, 0.25) is 0 Å². The lowest BCUT2D eigenvalue weighted by Crippen LogP contribution is -2.42. The lowest BCUT2D eigenvalue weighted by molar-refractivity contribution is 0.579. The van der Waals surface area contributed by atoms with Crippen molar-refractivity contribution in [3.8, 4) is 0 Å². The van der Waals surface area contributed by atoms with Crippen molar-refractivity contribution in [2.45, 2.75) is 24.0 Å². The Kier molecular flexibility index (Phi) is 4.56. The Hall–Kier alpha value is -0.680. The zero-order chi connectivity index (χ0) is 13.0. The van der Waals surface area contributed by atoms with E-state index in [0.717, 1.165) is 35.6 Å². The van der Waals surface area contributed by atoms with Crippen LogP contribution in [0.2, 0.25) is 0 Å². The van der Waals surface area contributed by atoms with Crippen molar-refractivity contribution in [3.63, 3.8) is 0 Å². The molecule has 2 heterocycles. The molecule has 1 aliphatic rings. The van der Waals surface area contributed by atoms with Crippen LogP contribution in [0, 0.1) is 0 Å². The second-order valence-corrected chi connectivity index (χ2v) is 6.90. The van der Waals surface area contributed by atoms with Crippen LogP contribution in [0.1, 0.15) is 24.8 Å². The number of aromatic nitrogens is 1. The fraction of sp³-hybridized carbons (Fsp3) is 0.538. The third-order valence-corrected chi connectivity index (χ3v) is 6.48. The predicted octanol–water partition coefficient (Wildman–Crippen LogP) is 2.60. The average molecular weight is 282 g/mol. The van der Waals surface area contributed by atoms with E-state index in [1.54, 1.807) is 25.0 Å². The molecular formula is C13H18N2OS2. The number of nitrogens with zero attached hydrogens (tertiary/aromatic N) is 2. The molecule has 0 amide bonds. The van der Waals surface area contributed by atoms with E-state index >= 15 is 0 Å². The fourth-order valence-corrected chi connectivity index (χ4v) is 5.65. The second-order valence-electron chi connectivity index (χ2n) is 4.31. The maximum atomic E-state index is 12.7. The molecule has 1 fully saturated rings. The third-order valence-electron chi connectivity index (χ3n) is 3.37. The molecule has 0 aromatic carbocycles. The summed E-state index contributed by atoms with van der Waals surface area (Å²) in [5.41, 5.74) is 1.04. The highest BCUT2D eigenvalue weighted by molar-refractivity contribution is 8.14. The highest BCUT2D eigenvalue weighted by Gasteiger charge is 2.44. The average Bonchev–Trinajstić information content (AvgIpc) is 2.43. The molecule has 18 heavy (non-hydrogen) atoms. The first-order chi connectivity index (χ1) is 8.75. The van der Waals surface area contributed by atoms with Gasteiger partial charge in [-0.3, -0.25) is 14.2 Å². The van der Waals surface area contributed by atoms with Gasteiger partial charge in [-0.15, -0.1) is 11.8 Å². The van der Waals surface area contributed by atoms with E-state index < -0.39 is 15.5 Å². The molecule has 1 aromatic rings. The van der Waals surface area contributed by atoms with Crippen LogP contribution in [0.5, 0.6) is 0 Å². The van der Waals surface area contributed by atoms with Gasteiger partial charge in [0.05, 0.1) is 5.04 Å². The quantitative estimate of drug-likeness (QED) is 0.618. The standard InChI is InChI=1S/C13H18N2OS2/c1-14-12(17-2)13(7-3-4-9-18(13)16)11-6-5-8-15-10-11/h5-6,8,10H,3-4,7,9H2,1-2H3/t13-,18-/m1/s1. The lowest BCUT2D eigenvalue weighted by Gasteiger charge is -2.36. The molecular weight excluding hydrogens is 264 g/mol. The van der Waals surface area contributed by atoms with Crippen molar-refractivity contribution in [1.82, 2.24) is 4.98 Å². The predicted molar refractivity (Wildman–Crippen MR) is 79.6 cm³/mol. The highest BCUT2D eigenvalue weighted by Crippen LogP contribution is 2.41. The number of thioether (sulfide) groups is 1. The van der Waals surface area contributed by atoms with Gasteiger partial charge in [0.1, 0.15) is 4.75 Å². The first-order valence-corrected chi connectivity index (χ1v) is 8.60. The molecule has 0 saturated carbocycles. The minimum atomic E-state index is -0.909. The molecule has 98 valence electrons. The molecule has 5 heteroatoms. The molecule has 0 bridgehead atoms. The Balaban J connectivity index is 2.56. The van der Waals surface area contributed by atoms with Crippen LogP contribution in [0.15, 0.2) is 29.5 Å². The van der Waals surface area contributed by atoms with Gasteiger partial charge in [-0.25, -0.2) is 0 Å². The summed E-state index contributed by atoms with van der Waals surface area (Å²) >= 11 is 1.60. The number of aliphatic imine (C=N–C) groups is 1. The van der Waals surface area contributed by atoms with E-state index in [9.17, 15) is 4.21 Å². The molecule has 0 radical (unpaired) electrons. The summed E-state index contributed by atoms with van der Waals surface area (Å²) in [4.78, 5) is 8.58. The maximum Gasteiger partial charge on any atom is 0.120 e. The molecule has 0 spiro atoms. The van der Waals surface area contributed by atoms with Gasteiger partial charge in [-0.1, -0.05) is 12.5 Å². The van der Waals surface area contributed by atoms with Crippen LogP contribution in [-0.2, 0) is 15.5 Å². The highest BCUT2D eigenvalue weighted by atomic mass is 32.2. The molecule has 2 rings (SSSR count). The topological polar surface area (TPSA) is 42.3 Å². The van der Waals surface area contributed by atoms with Crippen molar-refractivity contribution in [1.29, 1.82) is 0 Å². The molecule has 0 unspecified atom stereocenters. The smallest absolute Gasteiger partial charge is 0.120 e. The summed E-state index contributed by atoms with van der Waals surface area (Å²) in [6, 6.07) is 3.94. The van der Waals surface area contributed by atoms with Crippen molar-refractivity contribution in [2.24, 2.45) is 4.99 Å². The molecule has 1 saturated heterocycles. The number of hydrogen-bond acceptors (Lipinski definition) is 4. The van der Waals surface area contributed by atoms with Gasteiger partial charge >= 0.3 is 0 Å². The fourth-order valence-electron chi connectivity index (χ4n) is 2.54. The van der Waals surface area contributed by atoms with Gasteiger partial charge in [-0.2, -0.15) is 0 Å². The van der Waals surface area contributed by atoms with Gasteiger partial charge in [0.25, 0.3) is 0 Å². The van der Waals surface area contributed by atoms with E-state index in [1.807, 2.05) is 24.6 Å². The number of rotatable bonds is 2. The van der Waals surface area contributed by atoms with Gasteiger partial charge < -0.3 is 0 Å². The summed E-state index contributed by atoms with van der Waals surface area (Å²) in [5, 5.41) is 0.966. The van der Waals surface area contributed by atoms with Crippen molar-refractivity contribution in [2.75, 3.05) is 19.1 Å². The number of pyridine rings is 1. The van der Waals surface area contributed by atoms with Crippen molar-refractivity contribution < 1.29 is 4.21 Å². The zero-order valence-electron chi connectivity index (χ0n) is 10.8. The van der Waals surface area contributed by atoms with Crippen LogP contribution >= 0.6 is 11.8 Å². The molecule has 3 nitrogen and oxygen atoms in total. The van der Waals surface area contributed by atoms with E-state index in [4.69, 9.17) is 0 Å². The third kappa shape index (κ3) is 2.26. The maximum absolute atomic E-state index is 12.7. The summed E-state index contributed by atoms with van der Waals surface area (Å²) in [6.45, 7) is 0. The largest absolute Gasteiger partial charge is 0.284 e. The van der Waals surface area contributed by atoms with Crippen molar-refractivity contribution in [3.05, 3.63) is 30.1 Å². The van der Waals surface area contributed by atoms with Crippen LogP contribution in [0.3, 0.4) is 0 Å². The summed E-state index contributed by atoms with van der Waals surface area (Å²) in [5.74, 6) is 0.758. The minimum absolute atomic E-state index is 0.430. The SMILES string of the molecule is CN=C(SC)[C@]1(c2cccnc2)CCCC[S@]1=O. The number of hydrogen-bond donors (Lipinski definition) is 0. The molecule has 0 aliphatic carbocycles. The van der Waals surface area contributed by atoms with Crippen molar-refractivity contribution >= 4 is 27.6 Å². The van der Waals surface area contributed by atoms with E-state index in [1.165, 1.54) is 0 Å². The van der Waals surface area contributed by atoms with Crippen LogP contribution in [-0.4, -0.2) is 33.3 Å². The molecule has 1 aliphatic heterocycles. The van der Waals surface area contributed by atoms with E-state index in [2.05, 4.69) is 9.98 Å². The Morgan fingerprint density at radius 3 is 2.94 bits per heavy atom.